The van der Waals surface area contributed by atoms with Crippen LogP contribution in [0.2, 0.25) is 25.1 Å². The van der Waals surface area contributed by atoms with E-state index in [1.54, 1.807) is 0 Å². The van der Waals surface area contributed by atoms with Crippen LogP contribution in [-0.4, -0.2) is 27.1 Å². The summed E-state index contributed by atoms with van der Waals surface area (Å²) in [6.45, 7) is 4.61. The Morgan fingerprint density at radius 2 is 1.44 bits per heavy atom. The number of unbranched alkanes of at least 4 members (excludes halogenated alkanes) is 5. The summed E-state index contributed by atoms with van der Waals surface area (Å²) in [4.78, 5) is 0. The zero-order valence-electron chi connectivity index (χ0n) is 19.1. The average molecular weight is 591 g/mol. The molecule has 2 atom stereocenters. The Morgan fingerprint density at radius 3 is 2.09 bits per heavy atom. The number of halogens is 5. The summed E-state index contributed by atoms with van der Waals surface area (Å²) in [6, 6.07) is 6.01. The van der Waals surface area contributed by atoms with Crippen LogP contribution in [-0.2, 0) is 17.2 Å². The summed E-state index contributed by atoms with van der Waals surface area (Å²) in [5.41, 5.74) is 1.17. The average Bonchev–Trinajstić information content (AvgIpc) is 3.30. The van der Waals surface area contributed by atoms with E-state index in [9.17, 15) is 9.32 Å². The lowest BCUT2D eigenvalue weighted by molar-refractivity contribution is 0.174. The van der Waals surface area contributed by atoms with Crippen LogP contribution in [0.5, 0.6) is 17.2 Å². The fraction of sp³-hybridized carbons (Fsp3) is 0.500. The molecule has 2 aromatic carbocycles. The number of fused-ring (bicyclic) bond motifs is 1. The van der Waals surface area contributed by atoms with Crippen LogP contribution in [0.3, 0.4) is 0 Å². The minimum absolute atomic E-state index is 0.00904. The number of phenols is 1. The Bertz CT molecular complexity index is 881. The van der Waals surface area contributed by atoms with E-state index in [0.29, 0.717) is 6.79 Å². The summed E-state index contributed by atoms with van der Waals surface area (Å²) < 4.78 is 23.0. The van der Waals surface area contributed by atoms with Gasteiger partial charge in [-0.25, -0.2) is 0 Å². The lowest BCUT2D eigenvalue weighted by Crippen LogP contribution is -2.16. The summed E-state index contributed by atoms with van der Waals surface area (Å²) in [5.74, 6) is 2.09. The molecule has 0 amide bonds. The van der Waals surface area contributed by atoms with Gasteiger partial charge >= 0.3 is 0 Å². The molecule has 0 saturated carbocycles. The van der Waals surface area contributed by atoms with Gasteiger partial charge in [-0.2, -0.15) is 0 Å². The third-order valence-electron chi connectivity index (χ3n) is 5.29. The van der Waals surface area contributed by atoms with Crippen molar-refractivity contribution in [2.45, 2.75) is 64.0 Å². The van der Waals surface area contributed by atoms with E-state index in [-0.39, 0.29) is 36.1 Å². The number of benzene rings is 2. The van der Waals surface area contributed by atoms with Gasteiger partial charge < -0.3 is 14.6 Å². The van der Waals surface area contributed by atoms with E-state index in [0.717, 1.165) is 30.1 Å². The maximum absolute atomic E-state index is 12.3. The fourth-order valence-electron chi connectivity index (χ4n) is 3.31. The SMILES string of the molecule is CCCCCCCCS(=O)C(C)Cc1ccc2c(c1)OCO2.Oc1c(Cl)c(Cl)c(Cl)c(Cl)c1Cl. The number of hydrogen-bond donors (Lipinski definition) is 1. The Balaban J connectivity index is 0.000000287. The van der Waals surface area contributed by atoms with Crippen molar-refractivity contribution in [2.24, 2.45) is 0 Å². The van der Waals surface area contributed by atoms with Gasteiger partial charge in [-0.15, -0.1) is 0 Å². The highest BCUT2D eigenvalue weighted by molar-refractivity contribution is 7.85. The zero-order chi connectivity index (χ0) is 25.3. The lowest BCUT2D eigenvalue weighted by atomic mass is 10.1. The molecule has 0 radical (unpaired) electrons. The third kappa shape index (κ3) is 8.53. The monoisotopic (exact) mass is 588 g/mol. The molecule has 1 N–H and O–H groups in total. The minimum Gasteiger partial charge on any atom is -0.505 e. The highest BCUT2D eigenvalue weighted by atomic mass is 35.5. The van der Waals surface area contributed by atoms with E-state index in [1.807, 2.05) is 18.2 Å². The Morgan fingerprint density at radius 1 is 0.882 bits per heavy atom. The molecule has 0 aromatic heterocycles. The second-order valence-corrected chi connectivity index (χ2v) is 11.8. The van der Waals surface area contributed by atoms with Gasteiger partial charge in [0, 0.05) is 21.8 Å². The van der Waals surface area contributed by atoms with Gasteiger partial charge in [0.05, 0.1) is 15.1 Å². The van der Waals surface area contributed by atoms with Gasteiger partial charge in [-0.1, -0.05) is 110 Å². The van der Waals surface area contributed by atoms with Crippen LogP contribution in [0.4, 0.5) is 0 Å². The first-order valence-corrected chi connectivity index (χ1v) is 14.4. The number of ether oxygens (including phenoxy) is 2. The van der Waals surface area contributed by atoms with Crippen molar-refractivity contribution in [1.82, 2.24) is 0 Å². The van der Waals surface area contributed by atoms with Gasteiger partial charge in [0.15, 0.2) is 17.2 Å². The minimum atomic E-state index is -0.743. The first-order valence-electron chi connectivity index (χ1n) is 11.1. The van der Waals surface area contributed by atoms with Crippen molar-refractivity contribution in [3.8, 4) is 17.2 Å². The fourth-order valence-corrected chi connectivity index (χ4v) is 5.71. The summed E-state index contributed by atoms with van der Waals surface area (Å²) in [5, 5.41) is 9.21. The van der Waals surface area contributed by atoms with Crippen LogP contribution >= 0.6 is 58.0 Å². The van der Waals surface area contributed by atoms with Crippen molar-refractivity contribution >= 4 is 68.8 Å². The summed E-state index contributed by atoms with van der Waals surface area (Å²) in [7, 11) is -0.743. The largest absolute Gasteiger partial charge is 0.505 e. The molecule has 1 heterocycles. The molecule has 1 aliphatic heterocycles. The van der Waals surface area contributed by atoms with Crippen molar-refractivity contribution in [3.63, 3.8) is 0 Å². The number of phenolic OH excluding ortho intramolecular Hbond substituents is 1. The third-order valence-corrected chi connectivity index (χ3v) is 9.31. The Kier molecular flexibility index (Phi) is 13.0. The molecule has 34 heavy (non-hydrogen) atoms. The van der Waals surface area contributed by atoms with Gasteiger partial charge in [0.1, 0.15) is 10.0 Å². The van der Waals surface area contributed by atoms with Crippen LogP contribution in [0.25, 0.3) is 0 Å². The Labute approximate surface area is 229 Å². The van der Waals surface area contributed by atoms with Gasteiger partial charge in [-0.05, 0) is 30.5 Å². The molecule has 4 nitrogen and oxygen atoms in total. The van der Waals surface area contributed by atoms with E-state index < -0.39 is 10.8 Å². The standard InChI is InChI=1S/C18H28O3S.C6HCl5O/c1-3-4-5-6-7-8-11-22(19)15(2)12-16-9-10-17-18(13-16)21-14-20-17;7-1-2(8)4(10)6(12)5(11)3(1)9/h9-10,13,15H,3-8,11-12,14H2,1-2H3;12H. The molecular formula is C24H29Cl5O4S. The second-order valence-electron chi connectivity index (χ2n) is 7.97. The number of hydrogen-bond acceptors (Lipinski definition) is 4. The number of rotatable bonds is 10. The highest BCUT2D eigenvalue weighted by Gasteiger charge is 2.18. The predicted molar refractivity (Wildman–Crippen MR) is 145 cm³/mol. The maximum atomic E-state index is 12.3. The zero-order valence-corrected chi connectivity index (χ0v) is 23.7. The molecular weight excluding hydrogens is 562 g/mol. The van der Waals surface area contributed by atoms with Crippen LogP contribution in [0, 0.1) is 0 Å². The first kappa shape index (κ1) is 29.7. The summed E-state index contributed by atoms with van der Waals surface area (Å²) in [6.07, 6.45) is 8.32. The molecule has 2 aromatic rings. The van der Waals surface area contributed by atoms with E-state index in [4.69, 9.17) is 67.5 Å². The van der Waals surface area contributed by atoms with E-state index in [2.05, 4.69) is 13.8 Å². The molecule has 2 unspecified atom stereocenters. The molecule has 10 heteroatoms. The predicted octanol–water partition coefficient (Wildman–Crippen LogP) is 9.11. The van der Waals surface area contributed by atoms with E-state index in [1.165, 1.54) is 37.7 Å². The molecule has 0 saturated heterocycles. The van der Waals surface area contributed by atoms with Gasteiger partial charge in [-0.3, -0.25) is 4.21 Å². The van der Waals surface area contributed by atoms with E-state index >= 15 is 0 Å². The van der Waals surface area contributed by atoms with Crippen LogP contribution in [0.1, 0.15) is 57.9 Å². The first-order chi connectivity index (χ1) is 16.2. The summed E-state index contributed by atoms with van der Waals surface area (Å²) >= 11 is 27.9. The van der Waals surface area contributed by atoms with Crippen molar-refractivity contribution in [1.29, 1.82) is 0 Å². The van der Waals surface area contributed by atoms with Crippen LogP contribution in [0.15, 0.2) is 18.2 Å². The van der Waals surface area contributed by atoms with Crippen molar-refractivity contribution in [3.05, 3.63) is 48.9 Å². The second kappa shape index (κ2) is 14.9. The van der Waals surface area contributed by atoms with Crippen molar-refractivity contribution < 1.29 is 18.8 Å². The molecule has 0 aliphatic carbocycles. The molecule has 1 aliphatic rings. The normalized spacial score (nSPS) is 13.9. The van der Waals surface area contributed by atoms with Gasteiger partial charge in [0.25, 0.3) is 0 Å². The molecule has 0 spiro atoms. The van der Waals surface area contributed by atoms with Crippen LogP contribution < -0.4 is 9.47 Å². The smallest absolute Gasteiger partial charge is 0.231 e. The highest BCUT2D eigenvalue weighted by Crippen LogP contribution is 2.47. The molecule has 190 valence electrons. The van der Waals surface area contributed by atoms with Gasteiger partial charge in [0.2, 0.25) is 6.79 Å². The topological polar surface area (TPSA) is 55.8 Å². The molecule has 0 bridgehead atoms. The quantitative estimate of drug-likeness (QED) is 0.170. The molecule has 0 fully saturated rings. The lowest BCUT2D eigenvalue weighted by Gasteiger charge is -2.12. The number of aromatic hydroxyl groups is 1. The Hall–Kier alpha value is -0.560. The molecule has 3 rings (SSSR count). The maximum Gasteiger partial charge on any atom is 0.231 e. The van der Waals surface area contributed by atoms with Crippen molar-refractivity contribution in [2.75, 3.05) is 12.5 Å².